The van der Waals surface area contributed by atoms with E-state index in [-0.39, 0.29) is 6.61 Å². The van der Waals surface area contributed by atoms with Crippen LogP contribution in [0.2, 0.25) is 0 Å². The highest BCUT2D eigenvalue weighted by atomic mass is 32.2. The van der Waals surface area contributed by atoms with Gasteiger partial charge < -0.3 is 9.84 Å². The molecule has 0 bridgehead atoms. The Morgan fingerprint density at radius 1 is 1.53 bits per heavy atom. The highest BCUT2D eigenvalue weighted by Crippen LogP contribution is 2.20. The third kappa shape index (κ3) is 5.24. The number of aliphatic hydroxyl groups excluding tert-OH is 1. The number of thioether (sulfide) groups is 1. The molecular weight excluding hydrogens is 228 g/mol. The molecular formula is C11H14O2S2. The van der Waals surface area contributed by atoms with Crippen LogP contribution in [-0.4, -0.2) is 31.2 Å². The van der Waals surface area contributed by atoms with Crippen molar-refractivity contribution in [2.45, 2.75) is 5.75 Å². The molecule has 0 atom stereocenters. The lowest BCUT2D eigenvalue weighted by Crippen LogP contribution is -1.91. The fourth-order valence-electron chi connectivity index (χ4n) is 0.964. The zero-order valence-electron chi connectivity index (χ0n) is 8.66. The maximum atomic E-state index is 8.55. The van der Waals surface area contributed by atoms with E-state index in [1.54, 1.807) is 18.4 Å². The normalized spacial score (nSPS) is 9.73. The highest BCUT2D eigenvalue weighted by molar-refractivity contribution is 7.98. The van der Waals surface area contributed by atoms with Crippen LogP contribution >= 0.6 is 23.1 Å². The summed E-state index contributed by atoms with van der Waals surface area (Å²) in [6.45, 7) is 0.725. The Morgan fingerprint density at radius 2 is 2.40 bits per heavy atom. The average Bonchev–Trinajstić information content (AvgIpc) is 2.69. The average molecular weight is 242 g/mol. The predicted octanol–water partition coefficient (Wildman–Crippen LogP) is 1.97. The first-order valence-electron chi connectivity index (χ1n) is 4.62. The Kier molecular flexibility index (Phi) is 6.53. The quantitative estimate of drug-likeness (QED) is 0.632. The minimum Gasteiger partial charge on any atom is -0.384 e. The number of thiophene rings is 1. The monoisotopic (exact) mass is 242 g/mol. The van der Waals surface area contributed by atoms with Crippen molar-refractivity contribution in [2.75, 3.05) is 26.1 Å². The molecule has 0 unspecified atom stereocenters. The summed E-state index contributed by atoms with van der Waals surface area (Å²) >= 11 is 3.54. The van der Waals surface area contributed by atoms with Crippen molar-refractivity contribution >= 4 is 23.1 Å². The van der Waals surface area contributed by atoms with Gasteiger partial charge in [-0.15, -0.1) is 11.3 Å². The summed E-state index contributed by atoms with van der Waals surface area (Å²) in [5.74, 6) is 7.57. The van der Waals surface area contributed by atoms with Gasteiger partial charge in [0.25, 0.3) is 0 Å². The molecule has 0 radical (unpaired) electrons. The lowest BCUT2D eigenvalue weighted by atomic mass is 10.4. The number of methoxy groups -OCH3 is 1. The fraction of sp³-hybridized carbons (Fsp3) is 0.455. The maximum Gasteiger partial charge on any atom is 0.104 e. The smallest absolute Gasteiger partial charge is 0.104 e. The summed E-state index contributed by atoms with van der Waals surface area (Å²) in [6, 6.07) is 4.09. The topological polar surface area (TPSA) is 29.5 Å². The SMILES string of the molecule is COCCSCc1ccc(C#CCO)s1. The van der Waals surface area contributed by atoms with E-state index in [1.807, 2.05) is 17.8 Å². The Bertz CT molecular complexity index is 336. The molecule has 15 heavy (non-hydrogen) atoms. The molecule has 1 heterocycles. The third-order valence-corrected chi connectivity index (χ3v) is 3.78. The molecule has 0 aromatic carbocycles. The van der Waals surface area contributed by atoms with Crippen LogP contribution in [0, 0.1) is 11.8 Å². The number of aliphatic hydroxyl groups is 1. The molecule has 0 amide bonds. The van der Waals surface area contributed by atoms with Gasteiger partial charge in [-0.3, -0.25) is 0 Å². The standard InChI is InChI=1S/C11H14O2S2/c1-13-7-8-14-9-11-5-4-10(15-11)3-2-6-12/h4-5,12H,6-9H2,1H3. The lowest BCUT2D eigenvalue weighted by molar-refractivity contribution is 0.218. The van der Waals surface area contributed by atoms with Crippen molar-refractivity contribution in [2.24, 2.45) is 0 Å². The van der Waals surface area contributed by atoms with Gasteiger partial charge in [-0.25, -0.2) is 0 Å². The summed E-state index contributed by atoms with van der Waals surface area (Å²) in [7, 11) is 1.72. The predicted molar refractivity (Wildman–Crippen MR) is 66.3 cm³/mol. The van der Waals surface area contributed by atoms with Gasteiger partial charge in [0, 0.05) is 23.5 Å². The van der Waals surface area contributed by atoms with Crippen LogP contribution in [0.1, 0.15) is 9.75 Å². The van der Waals surface area contributed by atoms with E-state index in [0.29, 0.717) is 0 Å². The Morgan fingerprint density at radius 3 is 3.13 bits per heavy atom. The number of rotatable bonds is 5. The molecule has 0 saturated heterocycles. The van der Waals surface area contributed by atoms with E-state index in [0.717, 1.165) is 23.0 Å². The number of hydrogen-bond acceptors (Lipinski definition) is 4. The molecule has 1 aromatic rings. The molecule has 82 valence electrons. The van der Waals surface area contributed by atoms with E-state index in [9.17, 15) is 0 Å². The first kappa shape index (κ1) is 12.6. The second-order valence-electron chi connectivity index (χ2n) is 2.77. The van der Waals surface area contributed by atoms with Crippen molar-refractivity contribution in [1.82, 2.24) is 0 Å². The summed E-state index contributed by atoms with van der Waals surface area (Å²) in [4.78, 5) is 2.34. The molecule has 0 aliphatic heterocycles. The Hall–Kier alpha value is -0.470. The highest BCUT2D eigenvalue weighted by Gasteiger charge is 1.97. The van der Waals surface area contributed by atoms with Crippen LogP contribution in [0.25, 0.3) is 0 Å². The number of ether oxygens (including phenoxy) is 1. The van der Waals surface area contributed by atoms with Gasteiger partial charge in [-0.05, 0) is 12.1 Å². The number of hydrogen-bond donors (Lipinski definition) is 1. The van der Waals surface area contributed by atoms with E-state index in [1.165, 1.54) is 4.88 Å². The molecule has 0 fully saturated rings. The first-order valence-corrected chi connectivity index (χ1v) is 6.59. The van der Waals surface area contributed by atoms with Gasteiger partial charge in [0.15, 0.2) is 0 Å². The van der Waals surface area contributed by atoms with Gasteiger partial charge >= 0.3 is 0 Å². The van der Waals surface area contributed by atoms with Crippen molar-refractivity contribution in [3.05, 3.63) is 21.9 Å². The van der Waals surface area contributed by atoms with Gasteiger partial charge in [0.1, 0.15) is 6.61 Å². The zero-order chi connectivity index (χ0) is 10.9. The molecule has 4 heteroatoms. The van der Waals surface area contributed by atoms with Crippen molar-refractivity contribution < 1.29 is 9.84 Å². The van der Waals surface area contributed by atoms with Crippen LogP contribution in [0.4, 0.5) is 0 Å². The van der Waals surface area contributed by atoms with Crippen molar-refractivity contribution in [1.29, 1.82) is 0 Å². The van der Waals surface area contributed by atoms with Crippen LogP contribution in [0.5, 0.6) is 0 Å². The molecule has 0 spiro atoms. The van der Waals surface area contributed by atoms with E-state index in [4.69, 9.17) is 9.84 Å². The second kappa shape index (κ2) is 7.77. The van der Waals surface area contributed by atoms with Crippen molar-refractivity contribution in [3.8, 4) is 11.8 Å². The van der Waals surface area contributed by atoms with E-state index in [2.05, 4.69) is 17.9 Å². The molecule has 0 saturated carbocycles. The largest absolute Gasteiger partial charge is 0.384 e. The van der Waals surface area contributed by atoms with Crippen LogP contribution < -0.4 is 0 Å². The lowest BCUT2D eigenvalue weighted by Gasteiger charge is -1.97. The molecule has 0 aliphatic carbocycles. The van der Waals surface area contributed by atoms with Gasteiger partial charge in [-0.1, -0.05) is 11.8 Å². The van der Waals surface area contributed by atoms with Crippen molar-refractivity contribution in [3.63, 3.8) is 0 Å². The van der Waals surface area contributed by atoms with Crippen LogP contribution in [-0.2, 0) is 10.5 Å². The minimum atomic E-state index is -0.0736. The third-order valence-electron chi connectivity index (χ3n) is 1.63. The summed E-state index contributed by atoms with van der Waals surface area (Å²) in [6.07, 6.45) is 0. The van der Waals surface area contributed by atoms with E-state index < -0.39 is 0 Å². The van der Waals surface area contributed by atoms with E-state index >= 15 is 0 Å². The summed E-state index contributed by atoms with van der Waals surface area (Å²) in [5.41, 5.74) is 0. The molecule has 2 nitrogen and oxygen atoms in total. The minimum absolute atomic E-state index is 0.0736. The maximum absolute atomic E-state index is 8.55. The Labute approximate surface area is 98.7 Å². The van der Waals surface area contributed by atoms with Crippen LogP contribution in [0.3, 0.4) is 0 Å². The summed E-state index contributed by atoms with van der Waals surface area (Å²) < 4.78 is 4.97. The Balaban J connectivity index is 2.33. The van der Waals surface area contributed by atoms with Gasteiger partial charge in [0.2, 0.25) is 0 Å². The summed E-state index contributed by atoms with van der Waals surface area (Å²) in [5, 5.41) is 8.55. The molecule has 1 rings (SSSR count). The molecule has 1 N–H and O–H groups in total. The first-order chi connectivity index (χ1) is 7.36. The van der Waals surface area contributed by atoms with Gasteiger partial charge in [-0.2, -0.15) is 11.8 Å². The van der Waals surface area contributed by atoms with Gasteiger partial charge in [0.05, 0.1) is 11.5 Å². The second-order valence-corrected chi connectivity index (χ2v) is 5.04. The molecule has 1 aromatic heterocycles. The fourth-order valence-corrected chi connectivity index (χ4v) is 2.85. The molecule has 0 aliphatic rings. The zero-order valence-corrected chi connectivity index (χ0v) is 10.3. The van der Waals surface area contributed by atoms with Crippen LogP contribution in [0.15, 0.2) is 12.1 Å².